The third kappa shape index (κ3) is 4.61. The molecule has 0 bridgehead atoms. The standard InChI is InChI=1S/C21H24FNO2S/c1-3-14(11-21(2,23)24)12-25-17-8-9-18-19(13-26-20(18)10-17)15-4-6-16(22)7-5-15/h4-10,13-14,24H,3,11-12,23H2,1-2H3. The van der Waals surface area contributed by atoms with Crippen LogP contribution >= 0.6 is 11.3 Å². The fourth-order valence-electron chi connectivity index (χ4n) is 3.07. The molecule has 3 aromatic rings. The summed E-state index contributed by atoms with van der Waals surface area (Å²) in [4.78, 5) is 0. The van der Waals surface area contributed by atoms with Gasteiger partial charge in [0.05, 0.1) is 6.61 Å². The molecule has 138 valence electrons. The van der Waals surface area contributed by atoms with Crippen molar-refractivity contribution in [3.05, 3.63) is 53.7 Å². The second kappa shape index (κ2) is 7.74. The molecular weight excluding hydrogens is 349 g/mol. The molecule has 3 nitrogen and oxygen atoms in total. The molecule has 1 heterocycles. The lowest BCUT2D eigenvalue weighted by atomic mass is 9.97. The Hall–Kier alpha value is -1.95. The molecular formula is C21H24FNO2S. The van der Waals surface area contributed by atoms with Crippen LogP contribution in [0, 0.1) is 11.7 Å². The zero-order valence-electron chi connectivity index (χ0n) is 15.0. The van der Waals surface area contributed by atoms with Crippen molar-refractivity contribution in [3.63, 3.8) is 0 Å². The number of aliphatic hydroxyl groups is 1. The zero-order valence-corrected chi connectivity index (χ0v) is 15.9. The molecule has 26 heavy (non-hydrogen) atoms. The Kier molecular flexibility index (Phi) is 5.61. The summed E-state index contributed by atoms with van der Waals surface area (Å²) in [6, 6.07) is 12.6. The maximum atomic E-state index is 13.1. The van der Waals surface area contributed by atoms with Gasteiger partial charge in [-0.2, -0.15) is 0 Å². The molecule has 0 saturated heterocycles. The number of nitrogens with two attached hydrogens (primary N) is 1. The number of fused-ring (bicyclic) bond motifs is 1. The van der Waals surface area contributed by atoms with E-state index in [0.29, 0.717) is 13.0 Å². The highest BCUT2D eigenvalue weighted by atomic mass is 32.1. The van der Waals surface area contributed by atoms with Crippen LogP contribution in [-0.2, 0) is 0 Å². The summed E-state index contributed by atoms with van der Waals surface area (Å²) in [5, 5.41) is 13.0. The Bertz CT molecular complexity index is 868. The summed E-state index contributed by atoms with van der Waals surface area (Å²) < 4.78 is 20.2. The first-order valence-electron chi connectivity index (χ1n) is 8.77. The smallest absolute Gasteiger partial charge is 0.123 e. The van der Waals surface area contributed by atoms with Crippen molar-refractivity contribution in [1.29, 1.82) is 0 Å². The zero-order chi connectivity index (χ0) is 18.7. The molecule has 0 amide bonds. The number of hydrogen-bond acceptors (Lipinski definition) is 4. The van der Waals surface area contributed by atoms with Gasteiger partial charge in [-0.15, -0.1) is 11.3 Å². The van der Waals surface area contributed by atoms with Crippen LogP contribution in [0.2, 0.25) is 0 Å². The Morgan fingerprint density at radius 2 is 1.96 bits per heavy atom. The molecule has 2 aromatic carbocycles. The first-order valence-corrected chi connectivity index (χ1v) is 9.65. The second-order valence-electron chi connectivity index (χ2n) is 6.96. The van der Waals surface area contributed by atoms with Crippen LogP contribution in [0.1, 0.15) is 26.7 Å². The van der Waals surface area contributed by atoms with Crippen LogP contribution < -0.4 is 10.5 Å². The Labute approximate surface area is 157 Å². The van der Waals surface area contributed by atoms with E-state index in [9.17, 15) is 9.50 Å². The lowest BCUT2D eigenvalue weighted by Gasteiger charge is -2.24. The second-order valence-corrected chi connectivity index (χ2v) is 7.87. The molecule has 0 spiro atoms. The average molecular weight is 373 g/mol. The van der Waals surface area contributed by atoms with Gasteiger partial charge in [0.15, 0.2) is 0 Å². The third-order valence-electron chi connectivity index (χ3n) is 4.47. The SMILES string of the molecule is CCC(COc1ccc2c(-c3ccc(F)cc3)csc2c1)CC(C)(N)O. The molecule has 3 rings (SSSR count). The summed E-state index contributed by atoms with van der Waals surface area (Å²) in [6.45, 7) is 4.20. The van der Waals surface area contributed by atoms with Gasteiger partial charge in [0.2, 0.25) is 0 Å². The lowest BCUT2D eigenvalue weighted by Crippen LogP contribution is -2.38. The average Bonchev–Trinajstić information content (AvgIpc) is 3.01. The van der Waals surface area contributed by atoms with E-state index in [1.807, 2.05) is 18.2 Å². The van der Waals surface area contributed by atoms with Gasteiger partial charge in [-0.25, -0.2) is 4.39 Å². The largest absolute Gasteiger partial charge is 0.493 e. The van der Waals surface area contributed by atoms with Crippen LogP contribution in [0.4, 0.5) is 4.39 Å². The molecule has 3 N–H and O–H groups in total. The maximum absolute atomic E-state index is 13.1. The molecule has 0 aliphatic rings. The molecule has 0 radical (unpaired) electrons. The van der Waals surface area contributed by atoms with Crippen LogP contribution in [0.5, 0.6) is 5.75 Å². The van der Waals surface area contributed by atoms with Crippen molar-refractivity contribution in [3.8, 4) is 16.9 Å². The van der Waals surface area contributed by atoms with Gasteiger partial charge >= 0.3 is 0 Å². The van der Waals surface area contributed by atoms with E-state index >= 15 is 0 Å². The van der Waals surface area contributed by atoms with Gasteiger partial charge in [0.25, 0.3) is 0 Å². The molecule has 0 aliphatic carbocycles. The number of halogens is 1. The van der Waals surface area contributed by atoms with Crippen LogP contribution in [0.3, 0.4) is 0 Å². The number of benzene rings is 2. The normalized spacial score (nSPS) is 15.0. The predicted molar refractivity (Wildman–Crippen MR) is 106 cm³/mol. The van der Waals surface area contributed by atoms with Crippen LogP contribution in [0.25, 0.3) is 21.2 Å². The fraction of sp³-hybridized carbons (Fsp3) is 0.333. The van der Waals surface area contributed by atoms with Crippen molar-refractivity contribution < 1.29 is 14.2 Å². The molecule has 5 heteroatoms. The third-order valence-corrected chi connectivity index (χ3v) is 5.41. The fourth-order valence-corrected chi connectivity index (χ4v) is 4.07. The molecule has 2 atom stereocenters. The van der Waals surface area contributed by atoms with E-state index in [0.717, 1.165) is 33.4 Å². The van der Waals surface area contributed by atoms with Gasteiger partial charge in [-0.1, -0.05) is 19.1 Å². The van der Waals surface area contributed by atoms with E-state index in [1.165, 1.54) is 12.1 Å². The van der Waals surface area contributed by atoms with Gasteiger partial charge in [-0.05, 0) is 67.0 Å². The monoisotopic (exact) mass is 373 g/mol. The van der Waals surface area contributed by atoms with Crippen LogP contribution in [0.15, 0.2) is 47.8 Å². The molecule has 0 saturated carbocycles. The molecule has 2 unspecified atom stereocenters. The van der Waals surface area contributed by atoms with Crippen molar-refractivity contribution >= 4 is 21.4 Å². The topological polar surface area (TPSA) is 55.5 Å². The lowest BCUT2D eigenvalue weighted by molar-refractivity contribution is 0.0305. The number of ether oxygens (including phenoxy) is 1. The van der Waals surface area contributed by atoms with E-state index in [4.69, 9.17) is 10.5 Å². The highest BCUT2D eigenvalue weighted by molar-refractivity contribution is 7.17. The minimum atomic E-state index is -1.17. The number of hydrogen-bond donors (Lipinski definition) is 2. The summed E-state index contributed by atoms with van der Waals surface area (Å²) in [5.74, 6) is 0.773. The van der Waals surface area contributed by atoms with E-state index in [1.54, 1.807) is 30.4 Å². The van der Waals surface area contributed by atoms with Crippen molar-refractivity contribution in [2.45, 2.75) is 32.4 Å². The predicted octanol–water partition coefficient (Wildman–Crippen LogP) is 5.17. The van der Waals surface area contributed by atoms with Gasteiger partial charge < -0.3 is 15.6 Å². The minimum absolute atomic E-state index is 0.198. The maximum Gasteiger partial charge on any atom is 0.123 e. The van der Waals surface area contributed by atoms with E-state index in [-0.39, 0.29) is 11.7 Å². The van der Waals surface area contributed by atoms with Gasteiger partial charge in [0, 0.05) is 15.6 Å². The van der Waals surface area contributed by atoms with Crippen molar-refractivity contribution in [2.24, 2.45) is 11.7 Å². The Morgan fingerprint density at radius 3 is 2.62 bits per heavy atom. The first kappa shape index (κ1) is 18.8. The molecule has 1 aromatic heterocycles. The molecule has 0 aliphatic heterocycles. The number of thiophene rings is 1. The minimum Gasteiger partial charge on any atom is -0.493 e. The summed E-state index contributed by atoms with van der Waals surface area (Å²) >= 11 is 1.64. The summed E-state index contributed by atoms with van der Waals surface area (Å²) in [5.41, 5.74) is 6.63. The summed E-state index contributed by atoms with van der Waals surface area (Å²) in [6.07, 6.45) is 1.39. The van der Waals surface area contributed by atoms with E-state index in [2.05, 4.69) is 12.3 Å². The Balaban J connectivity index is 1.75. The number of rotatable bonds is 7. The van der Waals surface area contributed by atoms with Gasteiger partial charge in [0.1, 0.15) is 17.3 Å². The van der Waals surface area contributed by atoms with Gasteiger partial charge in [-0.3, -0.25) is 0 Å². The quantitative estimate of drug-likeness (QED) is 0.562. The highest BCUT2D eigenvalue weighted by Gasteiger charge is 2.20. The first-order chi connectivity index (χ1) is 12.4. The Morgan fingerprint density at radius 1 is 1.23 bits per heavy atom. The summed E-state index contributed by atoms with van der Waals surface area (Å²) in [7, 11) is 0. The van der Waals surface area contributed by atoms with Crippen molar-refractivity contribution in [2.75, 3.05) is 6.61 Å². The highest BCUT2D eigenvalue weighted by Crippen LogP contribution is 2.36. The van der Waals surface area contributed by atoms with Crippen LogP contribution in [-0.4, -0.2) is 17.4 Å². The van der Waals surface area contributed by atoms with E-state index < -0.39 is 5.72 Å². The molecule has 0 fully saturated rings. The van der Waals surface area contributed by atoms with Crippen molar-refractivity contribution in [1.82, 2.24) is 0 Å².